The molecule has 3 heteroatoms. The van der Waals surface area contributed by atoms with Gasteiger partial charge in [-0.15, -0.1) is 0 Å². The zero-order valence-electron chi connectivity index (χ0n) is 6.96. The zero-order chi connectivity index (χ0) is 8.59. The van der Waals surface area contributed by atoms with Crippen molar-refractivity contribution in [2.24, 2.45) is 5.92 Å². The minimum atomic E-state index is -0.391. The second kappa shape index (κ2) is 3.25. The molecular weight excluding hydrogens is 256 g/mol. The molecule has 2 nitrogen and oxygen atoms in total. The van der Waals surface area contributed by atoms with Crippen LogP contribution in [0.1, 0.15) is 20.8 Å². The topological polar surface area (TPSA) is 34.1 Å². The molecule has 1 aliphatic rings. The Balaban J connectivity index is 2.79. The van der Waals surface area contributed by atoms with E-state index in [1.807, 2.05) is 13.8 Å². The molecule has 0 amide bonds. The van der Waals surface area contributed by atoms with E-state index < -0.39 is 20.9 Å². The van der Waals surface area contributed by atoms with Crippen molar-refractivity contribution in [3.05, 3.63) is 0 Å². The van der Waals surface area contributed by atoms with Crippen molar-refractivity contribution in [2.45, 2.75) is 28.7 Å². The molecule has 0 N–H and O–H groups in total. The summed E-state index contributed by atoms with van der Waals surface area (Å²) in [4.78, 5) is 22.6. The summed E-state index contributed by atoms with van der Waals surface area (Å²) in [6.07, 6.45) is 0. The third-order valence-electron chi connectivity index (χ3n) is 2.06. The van der Waals surface area contributed by atoms with Crippen molar-refractivity contribution in [1.29, 1.82) is 0 Å². The molecule has 0 spiro atoms. The number of carbonyl (C=O) groups is 2. The molecule has 0 radical (unpaired) electrons. The molecule has 1 aliphatic heterocycles. The van der Waals surface area contributed by atoms with Crippen LogP contribution in [-0.4, -0.2) is 32.5 Å². The molecule has 62 valence electrons. The standard InChI is InChI=1S/C8H12O2Te/c1-4-7(9)5(2)11-6(3)8(4)10/h4-6H,1-3H3/t4?,5-,6+. The average Bonchev–Trinajstić information content (AvgIpc) is 1.97. The van der Waals surface area contributed by atoms with E-state index in [2.05, 4.69) is 0 Å². The quantitative estimate of drug-likeness (QED) is 0.487. The molecule has 0 aromatic carbocycles. The van der Waals surface area contributed by atoms with Crippen LogP contribution in [0.2, 0.25) is 7.93 Å². The van der Waals surface area contributed by atoms with Crippen molar-refractivity contribution < 1.29 is 9.59 Å². The molecule has 0 aromatic heterocycles. The maximum absolute atomic E-state index is 11.3. The number of Topliss-reactive ketones (excluding diaryl/α,β-unsaturated/α-hetero) is 2. The van der Waals surface area contributed by atoms with Gasteiger partial charge in [0.2, 0.25) is 0 Å². The average molecular weight is 268 g/mol. The second-order valence-corrected chi connectivity index (χ2v) is 7.76. The van der Waals surface area contributed by atoms with Crippen molar-refractivity contribution >= 4 is 32.5 Å². The molecule has 1 fully saturated rings. The molecule has 0 bridgehead atoms. The summed E-state index contributed by atoms with van der Waals surface area (Å²) >= 11 is -0.391. The van der Waals surface area contributed by atoms with E-state index in [-0.39, 0.29) is 25.4 Å². The van der Waals surface area contributed by atoms with Crippen molar-refractivity contribution in [1.82, 2.24) is 0 Å². The molecule has 1 saturated heterocycles. The van der Waals surface area contributed by atoms with Gasteiger partial charge in [0.1, 0.15) is 0 Å². The third-order valence-corrected chi connectivity index (χ3v) is 5.72. The van der Waals surface area contributed by atoms with Crippen LogP contribution in [0.25, 0.3) is 0 Å². The number of rotatable bonds is 0. The molecular formula is C8H12O2Te. The van der Waals surface area contributed by atoms with Gasteiger partial charge in [-0.2, -0.15) is 0 Å². The van der Waals surface area contributed by atoms with Crippen LogP contribution in [-0.2, 0) is 9.59 Å². The van der Waals surface area contributed by atoms with Crippen LogP contribution in [0.15, 0.2) is 0 Å². The Hall–Kier alpha value is 0.130. The van der Waals surface area contributed by atoms with Crippen LogP contribution in [0.4, 0.5) is 0 Å². The van der Waals surface area contributed by atoms with Crippen molar-refractivity contribution in [3.8, 4) is 0 Å². The predicted octanol–water partition coefficient (Wildman–Crippen LogP) is 1.10. The van der Waals surface area contributed by atoms with Crippen LogP contribution in [0.3, 0.4) is 0 Å². The molecule has 0 saturated carbocycles. The number of hydrogen-bond donors (Lipinski definition) is 0. The Morgan fingerprint density at radius 2 is 1.36 bits per heavy atom. The third kappa shape index (κ3) is 1.65. The molecule has 1 unspecified atom stereocenters. The van der Waals surface area contributed by atoms with Crippen molar-refractivity contribution in [3.63, 3.8) is 0 Å². The van der Waals surface area contributed by atoms with Crippen LogP contribution in [0.5, 0.6) is 0 Å². The summed E-state index contributed by atoms with van der Waals surface area (Å²) in [5, 5.41) is 0. The summed E-state index contributed by atoms with van der Waals surface area (Å²) in [6, 6.07) is 0. The Morgan fingerprint density at radius 3 is 1.73 bits per heavy atom. The van der Waals surface area contributed by atoms with E-state index in [0.29, 0.717) is 0 Å². The van der Waals surface area contributed by atoms with Gasteiger partial charge in [-0.3, -0.25) is 0 Å². The summed E-state index contributed by atoms with van der Waals surface area (Å²) in [6.45, 7) is 5.66. The fraction of sp³-hybridized carbons (Fsp3) is 0.750. The van der Waals surface area contributed by atoms with Gasteiger partial charge in [0.15, 0.2) is 0 Å². The Morgan fingerprint density at radius 1 is 1.00 bits per heavy atom. The number of carbonyl (C=O) groups excluding carboxylic acids is 2. The van der Waals surface area contributed by atoms with Crippen LogP contribution >= 0.6 is 0 Å². The first-order chi connectivity index (χ1) is 5.04. The SMILES string of the molecule is CC1C(=O)[C@H](C)[Te][C@H](C)C1=O. The zero-order valence-corrected chi connectivity index (χ0v) is 9.29. The van der Waals surface area contributed by atoms with E-state index in [1.165, 1.54) is 0 Å². The Bertz CT molecular complexity index is 180. The van der Waals surface area contributed by atoms with Gasteiger partial charge in [-0.05, 0) is 0 Å². The number of hydrogen-bond acceptors (Lipinski definition) is 2. The summed E-state index contributed by atoms with van der Waals surface area (Å²) in [7, 11) is 0. The molecule has 1 heterocycles. The van der Waals surface area contributed by atoms with Gasteiger partial charge in [0, 0.05) is 0 Å². The van der Waals surface area contributed by atoms with Crippen LogP contribution < -0.4 is 0 Å². The molecule has 11 heavy (non-hydrogen) atoms. The first-order valence-corrected chi connectivity index (χ1v) is 6.46. The first-order valence-electron chi connectivity index (χ1n) is 3.77. The Labute approximate surface area is 76.8 Å². The van der Waals surface area contributed by atoms with Gasteiger partial charge in [0.25, 0.3) is 0 Å². The van der Waals surface area contributed by atoms with E-state index in [4.69, 9.17) is 0 Å². The summed E-state index contributed by atoms with van der Waals surface area (Å²) < 4.78 is 0.422. The molecule has 0 aliphatic carbocycles. The summed E-state index contributed by atoms with van der Waals surface area (Å²) in [5.74, 6) is 0.0323. The minimum absolute atomic E-state index is 0.176. The van der Waals surface area contributed by atoms with Crippen molar-refractivity contribution in [2.75, 3.05) is 0 Å². The molecule has 0 aromatic rings. The van der Waals surface area contributed by atoms with Gasteiger partial charge in [-0.25, -0.2) is 0 Å². The van der Waals surface area contributed by atoms with E-state index in [0.717, 1.165) is 0 Å². The molecule has 3 atom stereocenters. The van der Waals surface area contributed by atoms with E-state index >= 15 is 0 Å². The first kappa shape index (κ1) is 9.22. The number of ketones is 2. The van der Waals surface area contributed by atoms with Gasteiger partial charge in [0.05, 0.1) is 0 Å². The van der Waals surface area contributed by atoms with Gasteiger partial charge >= 0.3 is 76.7 Å². The van der Waals surface area contributed by atoms with E-state index in [1.54, 1.807) is 6.92 Å². The van der Waals surface area contributed by atoms with Crippen LogP contribution in [0, 0.1) is 5.92 Å². The predicted molar refractivity (Wildman–Crippen MR) is 43.8 cm³/mol. The normalized spacial score (nSPS) is 39.4. The molecule has 1 rings (SSSR count). The fourth-order valence-corrected chi connectivity index (χ4v) is 4.96. The van der Waals surface area contributed by atoms with Gasteiger partial charge < -0.3 is 0 Å². The second-order valence-electron chi connectivity index (χ2n) is 2.95. The maximum atomic E-state index is 11.3. The van der Waals surface area contributed by atoms with E-state index in [9.17, 15) is 9.59 Å². The monoisotopic (exact) mass is 270 g/mol. The summed E-state index contributed by atoms with van der Waals surface area (Å²) in [5.41, 5.74) is 0. The Kier molecular flexibility index (Phi) is 2.72. The fourth-order valence-electron chi connectivity index (χ4n) is 1.28. The van der Waals surface area contributed by atoms with Gasteiger partial charge in [-0.1, -0.05) is 0 Å².